The number of aliphatic hydroxyl groups excluding tert-OH is 2. The van der Waals surface area contributed by atoms with Gasteiger partial charge in [-0.3, -0.25) is 19.7 Å². The predicted octanol–water partition coefficient (Wildman–Crippen LogP) is 2.03. The summed E-state index contributed by atoms with van der Waals surface area (Å²) >= 11 is 0. The van der Waals surface area contributed by atoms with Gasteiger partial charge in [0.2, 0.25) is 0 Å². The summed E-state index contributed by atoms with van der Waals surface area (Å²) in [6.07, 6.45) is 0. The topological polar surface area (TPSA) is 139 Å². The molecule has 1 aliphatic heterocycles. The zero-order valence-electron chi connectivity index (χ0n) is 16.8. The van der Waals surface area contributed by atoms with Gasteiger partial charge in [0.1, 0.15) is 5.76 Å². The number of nitrogens with zero attached hydrogens (tertiary/aromatic N) is 2. The summed E-state index contributed by atoms with van der Waals surface area (Å²) in [6.45, 7) is -0.533. The van der Waals surface area contributed by atoms with Gasteiger partial charge in [-0.2, -0.15) is 0 Å². The summed E-state index contributed by atoms with van der Waals surface area (Å²) in [5, 5.41) is 31.2. The molecule has 1 heterocycles. The molecule has 0 radical (unpaired) electrons. The summed E-state index contributed by atoms with van der Waals surface area (Å²) in [4.78, 5) is 36.8. The third kappa shape index (κ3) is 3.92. The number of hydrogen-bond donors (Lipinski definition) is 2. The minimum absolute atomic E-state index is 0.137. The van der Waals surface area contributed by atoms with Crippen LogP contribution >= 0.6 is 0 Å². The van der Waals surface area contributed by atoms with Crippen LogP contribution < -0.4 is 9.47 Å². The number of non-ortho nitro benzene ring substituents is 1. The van der Waals surface area contributed by atoms with Crippen molar-refractivity contribution >= 4 is 23.1 Å². The van der Waals surface area contributed by atoms with Gasteiger partial charge in [0.15, 0.2) is 11.5 Å². The number of ether oxygens (including phenoxy) is 2. The van der Waals surface area contributed by atoms with Crippen LogP contribution in [0.4, 0.5) is 5.69 Å². The molecule has 1 aliphatic rings. The normalized spacial score (nSPS) is 17.6. The van der Waals surface area contributed by atoms with Gasteiger partial charge < -0.3 is 24.6 Å². The summed E-state index contributed by atoms with van der Waals surface area (Å²) < 4.78 is 10.5. The van der Waals surface area contributed by atoms with Crippen LogP contribution in [0.25, 0.3) is 5.76 Å². The van der Waals surface area contributed by atoms with E-state index in [0.29, 0.717) is 17.1 Å². The molecule has 0 spiro atoms. The van der Waals surface area contributed by atoms with Gasteiger partial charge in [-0.1, -0.05) is 6.07 Å². The highest BCUT2D eigenvalue weighted by Gasteiger charge is 2.46. The maximum Gasteiger partial charge on any atom is 0.295 e. The minimum Gasteiger partial charge on any atom is -0.507 e. The number of ketones is 1. The van der Waals surface area contributed by atoms with E-state index in [4.69, 9.17) is 9.47 Å². The first kappa shape index (κ1) is 21.8. The molecular formula is C21H20N2O8. The number of rotatable bonds is 7. The third-order valence-electron chi connectivity index (χ3n) is 4.96. The van der Waals surface area contributed by atoms with Crippen LogP contribution in [0.2, 0.25) is 0 Å². The maximum atomic E-state index is 12.8. The van der Waals surface area contributed by atoms with Gasteiger partial charge in [0.05, 0.1) is 37.4 Å². The number of carbonyl (C=O) groups excluding carboxylic acids is 2. The van der Waals surface area contributed by atoms with E-state index in [1.165, 1.54) is 38.5 Å². The quantitative estimate of drug-likeness (QED) is 0.224. The van der Waals surface area contributed by atoms with Crippen LogP contribution in [0, 0.1) is 10.1 Å². The predicted molar refractivity (Wildman–Crippen MR) is 109 cm³/mol. The lowest BCUT2D eigenvalue weighted by molar-refractivity contribution is -0.384. The highest BCUT2D eigenvalue weighted by Crippen LogP contribution is 2.41. The van der Waals surface area contributed by atoms with Crippen LogP contribution in [-0.2, 0) is 9.59 Å². The highest BCUT2D eigenvalue weighted by atomic mass is 16.6. The zero-order valence-corrected chi connectivity index (χ0v) is 16.8. The fraction of sp³-hybridized carbons (Fsp3) is 0.238. The molecule has 31 heavy (non-hydrogen) atoms. The van der Waals surface area contributed by atoms with Crippen molar-refractivity contribution in [1.29, 1.82) is 0 Å². The molecule has 2 aromatic rings. The Bertz CT molecular complexity index is 1060. The van der Waals surface area contributed by atoms with E-state index >= 15 is 0 Å². The summed E-state index contributed by atoms with van der Waals surface area (Å²) in [5.41, 5.74) is 0.208. The lowest BCUT2D eigenvalue weighted by Crippen LogP contribution is -2.32. The van der Waals surface area contributed by atoms with Crippen molar-refractivity contribution in [2.75, 3.05) is 27.4 Å². The maximum absolute atomic E-state index is 12.8. The SMILES string of the molecule is COc1ccc(C2C(=C(O)c3ccc([N+](=O)[O-])cc3)C(=O)C(=O)N2CCO)cc1OC. The molecule has 10 nitrogen and oxygen atoms in total. The second-order valence-electron chi connectivity index (χ2n) is 6.63. The Morgan fingerprint density at radius 3 is 2.29 bits per heavy atom. The molecule has 162 valence electrons. The zero-order chi connectivity index (χ0) is 22.7. The first-order valence-electron chi connectivity index (χ1n) is 9.20. The molecule has 0 aliphatic carbocycles. The fourth-order valence-corrected chi connectivity index (χ4v) is 3.48. The standard InChI is InChI=1S/C21H20N2O8/c1-30-15-8-5-13(11-16(15)31-2)18-17(20(26)21(27)22(18)9-10-24)19(25)12-3-6-14(7-4-12)23(28)29/h3-8,11,18,24-25H,9-10H2,1-2H3. The Hall–Kier alpha value is -3.92. The number of nitro benzene ring substituents is 1. The van der Waals surface area contributed by atoms with E-state index < -0.39 is 35.0 Å². The average molecular weight is 428 g/mol. The van der Waals surface area contributed by atoms with Gasteiger partial charge in [-0.25, -0.2) is 0 Å². The number of hydrogen-bond acceptors (Lipinski definition) is 8. The smallest absolute Gasteiger partial charge is 0.295 e. The number of β-amino-alcohol motifs (C(OH)–C–C–N with tert-alkyl or cyclic N) is 1. The molecular weight excluding hydrogens is 408 g/mol. The molecule has 1 atom stereocenters. The van der Waals surface area contributed by atoms with Gasteiger partial charge in [0, 0.05) is 24.2 Å². The number of methoxy groups -OCH3 is 2. The summed E-state index contributed by atoms with van der Waals surface area (Å²) in [5.74, 6) is -1.50. The highest BCUT2D eigenvalue weighted by molar-refractivity contribution is 6.46. The average Bonchev–Trinajstić information content (AvgIpc) is 3.03. The Morgan fingerprint density at radius 1 is 1.10 bits per heavy atom. The van der Waals surface area contributed by atoms with Crippen molar-refractivity contribution < 1.29 is 34.2 Å². The Morgan fingerprint density at radius 2 is 1.74 bits per heavy atom. The Kier molecular flexibility index (Phi) is 6.21. The largest absolute Gasteiger partial charge is 0.507 e. The molecule has 0 bridgehead atoms. The number of benzene rings is 2. The molecule has 3 rings (SSSR count). The van der Waals surface area contributed by atoms with Crippen molar-refractivity contribution in [3.8, 4) is 11.5 Å². The van der Waals surface area contributed by atoms with Crippen LogP contribution in [0.15, 0.2) is 48.0 Å². The van der Waals surface area contributed by atoms with Crippen LogP contribution in [0.1, 0.15) is 17.2 Å². The number of carbonyl (C=O) groups is 2. The number of Topliss-reactive ketones (excluding diaryl/α,β-unsaturated/α-hetero) is 1. The first-order valence-corrected chi connectivity index (χ1v) is 9.20. The Balaban J connectivity index is 2.18. The molecule has 1 amide bonds. The van der Waals surface area contributed by atoms with E-state index in [1.54, 1.807) is 18.2 Å². The Labute approximate surface area is 177 Å². The first-order chi connectivity index (χ1) is 14.8. The second kappa shape index (κ2) is 8.84. The van der Waals surface area contributed by atoms with E-state index in [9.17, 15) is 29.9 Å². The number of amides is 1. The summed E-state index contributed by atoms with van der Waals surface area (Å²) in [6, 6.07) is 8.74. The van der Waals surface area contributed by atoms with Crippen LogP contribution in [-0.4, -0.2) is 59.1 Å². The molecule has 0 aromatic heterocycles. The second-order valence-corrected chi connectivity index (χ2v) is 6.63. The number of nitro groups is 1. The van der Waals surface area contributed by atoms with Crippen molar-refractivity contribution in [3.63, 3.8) is 0 Å². The number of likely N-dealkylation sites (tertiary alicyclic amines) is 1. The minimum atomic E-state index is -0.998. The fourth-order valence-electron chi connectivity index (χ4n) is 3.48. The molecule has 1 unspecified atom stereocenters. The lowest BCUT2D eigenvalue weighted by atomic mass is 9.95. The molecule has 0 saturated carbocycles. The van der Waals surface area contributed by atoms with Gasteiger partial charge in [-0.05, 0) is 29.8 Å². The van der Waals surface area contributed by atoms with E-state index in [2.05, 4.69) is 0 Å². The molecule has 10 heteroatoms. The summed E-state index contributed by atoms with van der Waals surface area (Å²) in [7, 11) is 2.90. The van der Waals surface area contributed by atoms with E-state index in [-0.39, 0.29) is 23.4 Å². The lowest BCUT2D eigenvalue weighted by Gasteiger charge is -2.25. The monoisotopic (exact) mass is 428 g/mol. The van der Waals surface area contributed by atoms with Crippen molar-refractivity contribution in [1.82, 2.24) is 4.90 Å². The third-order valence-corrected chi connectivity index (χ3v) is 4.96. The molecule has 2 N–H and O–H groups in total. The van der Waals surface area contributed by atoms with Crippen molar-refractivity contribution in [2.24, 2.45) is 0 Å². The molecule has 1 fully saturated rings. The van der Waals surface area contributed by atoms with Crippen molar-refractivity contribution in [2.45, 2.75) is 6.04 Å². The van der Waals surface area contributed by atoms with E-state index in [0.717, 1.165) is 4.90 Å². The molecule has 2 aromatic carbocycles. The van der Waals surface area contributed by atoms with Crippen LogP contribution in [0.3, 0.4) is 0 Å². The van der Waals surface area contributed by atoms with Crippen LogP contribution in [0.5, 0.6) is 11.5 Å². The van der Waals surface area contributed by atoms with Gasteiger partial charge in [0.25, 0.3) is 17.4 Å². The van der Waals surface area contributed by atoms with Gasteiger partial charge in [-0.15, -0.1) is 0 Å². The van der Waals surface area contributed by atoms with Crippen molar-refractivity contribution in [3.05, 3.63) is 69.3 Å². The number of aliphatic hydroxyl groups is 2. The van der Waals surface area contributed by atoms with E-state index in [1.807, 2.05) is 0 Å². The molecule has 1 saturated heterocycles. The van der Waals surface area contributed by atoms with Gasteiger partial charge >= 0.3 is 0 Å².